The van der Waals surface area contributed by atoms with Crippen LogP contribution in [0.4, 0.5) is 31.1 Å². The number of fused-ring (bicyclic) bond motifs is 1. The molecule has 1 heterocycles. The van der Waals surface area contributed by atoms with E-state index in [9.17, 15) is 35.9 Å². The number of halogens is 6. The van der Waals surface area contributed by atoms with Gasteiger partial charge in [0.1, 0.15) is 5.75 Å². The molecule has 1 aromatic heterocycles. The number of amides is 3. The maximum absolute atomic E-state index is 12.9. The zero-order chi connectivity index (χ0) is 24.2. The number of alkyl halides is 6. The number of ether oxygens (including phenoxy) is 1. The molecule has 3 aromatic rings. The fourth-order valence-corrected chi connectivity index (χ4v) is 3.01. The van der Waals surface area contributed by atoms with E-state index < -0.39 is 47.8 Å². The van der Waals surface area contributed by atoms with Gasteiger partial charge >= 0.3 is 18.4 Å². The summed E-state index contributed by atoms with van der Waals surface area (Å²) < 4.78 is 81.9. The Balaban J connectivity index is 1.52. The van der Waals surface area contributed by atoms with Crippen molar-refractivity contribution in [2.45, 2.75) is 18.8 Å². The van der Waals surface area contributed by atoms with Gasteiger partial charge in [-0.3, -0.25) is 10.1 Å². The Morgan fingerprint density at radius 2 is 1.58 bits per heavy atom. The van der Waals surface area contributed by atoms with Gasteiger partial charge in [-0.2, -0.15) is 26.3 Å². The minimum absolute atomic E-state index is 0.0614. The summed E-state index contributed by atoms with van der Waals surface area (Å²) in [6, 6.07) is 7.25. The fraction of sp³-hybridized carbons (Fsp3) is 0.238. The van der Waals surface area contributed by atoms with Gasteiger partial charge in [0.15, 0.2) is 6.61 Å². The molecule has 3 N–H and O–H groups in total. The van der Waals surface area contributed by atoms with Crippen molar-refractivity contribution in [3.63, 3.8) is 0 Å². The average Bonchev–Trinajstić information content (AvgIpc) is 3.14. The molecular weight excluding hydrogens is 456 g/mol. The summed E-state index contributed by atoms with van der Waals surface area (Å²) in [4.78, 5) is 26.7. The van der Waals surface area contributed by atoms with E-state index in [1.165, 1.54) is 0 Å². The first-order valence-electron chi connectivity index (χ1n) is 9.48. The molecule has 0 aliphatic carbocycles. The number of hydrogen-bond acceptors (Lipinski definition) is 3. The summed E-state index contributed by atoms with van der Waals surface area (Å²) in [5.74, 6) is -1.86. The quantitative estimate of drug-likeness (QED) is 0.456. The Morgan fingerprint density at radius 3 is 2.21 bits per heavy atom. The number of imide groups is 1. The van der Waals surface area contributed by atoms with Crippen LogP contribution >= 0.6 is 0 Å². The molecule has 0 atom stereocenters. The van der Waals surface area contributed by atoms with Crippen LogP contribution in [-0.2, 0) is 23.6 Å². The van der Waals surface area contributed by atoms with Crippen LogP contribution in [0.25, 0.3) is 10.9 Å². The summed E-state index contributed by atoms with van der Waals surface area (Å²) in [7, 11) is 0. The molecule has 3 amide bonds. The maximum Gasteiger partial charge on any atom is 0.416 e. The fourth-order valence-electron chi connectivity index (χ4n) is 3.01. The van der Waals surface area contributed by atoms with E-state index in [1.54, 1.807) is 6.20 Å². The zero-order valence-electron chi connectivity index (χ0n) is 16.7. The summed E-state index contributed by atoms with van der Waals surface area (Å²) >= 11 is 0. The average molecular weight is 473 g/mol. The lowest BCUT2D eigenvalue weighted by atomic mass is 10.1. The number of hydrogen-bond donors (Lipinski definition) is 3. The second-order valence-electron chi connectivity index (χ2n) is 6.94. The Hall–Kier alpha value is -3.70. The SMILES string of the molecule is O=C(COc1cc(C(F)(F)F)cc(C(F)(F)F)c1)NC(=O)NCCc1c[nH]c2ccccc12. The number of nitrogens with one attached hydrogen (secondary N) is 3. The molecule has 12 heteroatoms. The van der Waals surface area contributed by atoms with Gasteiger partial charge in [0.2, 0.25) is 0 Å². The number of urea groups is 1. The first kappa shape index (κ1) is 24.0. The molecule has 0 saturated carbocycles. The number of carbonyl (C=O) groups excluding carboxylic acids is 2. The summed E-state index contributed by atoms with van der Waals surface area (Å²) in [6.45, 7) is -0.793. The van der Waals surface area contributed by atoms with Crippen molar-refractivity contribution in [1.82, 2.24) is 15.6 Å². The van der Waals surface area contributed by atoms with Crippen molar-refractivity contribution < 1.29 is 40.7 Å². The molecule has 0 radical (unpaired) electrons. The Morgan fingerprint density at radius 1 is 0.939 bits per heavy atom. The highest BCUT2D eigenvalue weighted by Gasteiger charge is 2.37. The van der Waals surface area contributed by atoms with E-state index in [2.05, 4.69) is 10.3 Å². The first-order chi connectivity index (χ1) is 15.4. The highest BCUT2D eigenvalue weighted by atomic mass is 19.4. The van der Waals surface area contributed by atoms with Crippen molar-refractivity contribution in [1.29, 1.82) is 0 Å². The smallest absolute Gasteiger partial charge is 0.416 e. The molecule has 33 heavy (non-hydrogen) atoms. The molecule has 3 rings (SSSR count). The standard InChI is InChI=1S/C21H17F6N3O3/c22-20(23,24)13-7-14(21(25,26)27)9-15(8-13)33-11-18(31)30-19(32)28-6-5-12-10-29-17-4-2-1-3-16(12)17/h1-4,7-10,29H,5-6,11H2,(H2,28,30,31,32). The van der Waals surface area contributed by atoms with Crippen LogP contribution in [0, 0.1) is 0 Å². The first-order valence-corrected chi connectivity index (χ1v) is 9.48. The molecule has 0 saturated heterocycles. The number of carbonyl (C=O) groups is 2. The highest BCUT2D eigenvalue weighted by molar-refractivity contribution is 5.95. The van der Waals surface area contributed by atoms with Gasteiger partial charge < -0.3 is 15.0 Å². The van der Waals surface area contributed by atoms with Gasteiger partial charge in [0, 0.05) is 23.6 Å². The lowest BCUT2D eigenvalue weighted by molar-refractivity contribution is -0.143. The van der Waals surface area contributed by atoms with E-state index in [1.807, 2.05) is 29.6 Å². The van der Waals surface area contributed by atoms with E-state index in [0.29, 0.717) is 18.6 Å². The van der Waals surface area contributed by atoms with Gasteiger partial charge in [-0.15, -0.1) is 0 Å². The molecule has 0 unspecified atom stereocenters. The van der Waals surface area contributed by atoms with Crippen LogP contribution in [0.1, 0.15) is 16.7 Å². The minimum atomic E-state index is -5.05. The third kappa shape index (κ3) is 6.40. The van der Waals surface area contributed by atoms with Gasteiger partial charge in [-0.25, -0.2) is 4.79 Å². The number of para-hydroxylation sites is 1. The molecule has 2 aromatic carbocycles. The van der Waals surface area contributed by atoms with Gasteiger partial charge in [-0.05, 0) is 36.2 Å². The normalized spacial score (nSPS) is 11.9. The van der Waals surface area contributed by atoms with Gasteiger partial charge in [-0.1, -0.05) is 18.2 Å². The van der Waals surface area contributed by atoms with E-state index in [-0.39, 0.29) is 12.6 Å². The van der Waals surface area contributed by atoms with E-state index in [0.717, 1.165) is 16.5 Å². The summed E-state index contributed by atoms with van der Waals surface area (Å²) in [5, 5.41) is 5.30. The minimum Gasteiger partial charge on any atom is -0.484 e. The van der Waals surface area contributed by atoms with Crippen LogP contribution in [0.2, 0.25) is 0 Å². The number of aromatic amines is 1. The number of aromatic nitrogens is 1. The molecule has 176 valence electrons. The molecule has 0 aliphatic rings. The second-order valence-corrected chi connectivity index (χ2v) is 6.94. The van der Waals surface area contributed by atoms with E-state index in [4.69, 9.17) is 4.74 Å². The third-order valence-corrected chi connectivity index (χ3v) is 4.54. The Bertz CT molecular complexity index is 1120. The van der Waals surface area contributed by atoms with Crippen molar-refractivity contribution >= 4 is 22.8 Å². The number of rotatable bonds is 6. The lowest BCUT2D eigenvalue weighted by Crippen LogP contribution is -2.42. The highest BCUT2D eigenvalue weighted by Crippen LogP contribution is 2.38. The monoisotopic (exact) mass is 473 g/mol. The largest absolute Gasteiger partial charge is 0.484 e. The van der Waals surface area contributed by atoms with E-state index >= 15 is 0 Å². The van der Waals surface area contributed by atoms with Crippen molar-refractivity contribution in [3.05, 3.63) is 65.4 Å². The van der Waals surface area contributed by atoms with Gasteiger partial charge in [0.05, 0.1) is 11.1 Å². The number of H-pyrrole nitrogens is 1. The summed E-state index contributed by atoms with van der Waals surface area (Å²) in [5.41, 5.74) is -1.30. The molecular formula is C21H17F6N3O3. The third-order valence-electron chi connectivity index (χ3n) is 4.54. The topological polar surface area (TPSA) is 83.2 Å². The van der Waals surface area contributed by atoms with Crippen molar-refractivity contribution in [2.24, 2.45) is 0 Å². The lowest BCUT2D eigenvalue weighted by Gasteiger charge is -2.14. The van der Waals surface area contributed by atoms with Crippen molar-refractivity contribution in [2.75, 3.05) is 13.2 Å². The Kier molecular flexibility index (Phi) is 6.84. The molecule has 6 nitrogen and oxygen atoms in total. The second kappa shape index (κ2) is 9.43. The van der Waals surface area contributed by atoms with Crippen LogP contribution < -0.4 is 15.4 Å². The molecule has 0 fully saturated rings. The van der Waals surface area contributed by atoms with Gasteiger partial charge in [0.25, 0.3) is 5.91 Å². The van der Waals surface area contributed by atoms with Crippen LogP contribution in [0.3, 0.4) is 0 Å². The van der Waals surface area contributed by atoms with Crippen LogP contribution in [0.5, 0.6) is 5.75 Å². The van der Waals surface area contributed by atoms with Crippen LogP contribution in [0.15, 0.2) is 48.7 Å². The Labute approximate surface area is 182 Å². The number of benzene rings is 2. The van der Waals surface area contributed by atoms with Crippen molar-refractivity contribution in [3.8, 4) is 5.75 Å². The molecule has 0 spiro atoms. The molecule has 0 bridgehead atoms. The predicted octanol–water partition coefficient (Wildman–Crippen LogP) is 4.65. The summed E-state index contributed by atoms with van der Waals surface area (Å²) in [6.07, 6.45) is -7.86. The zero-order valence-corrected chi connectivity index (χ0v) is 16.7. The predicted molar refractivity (Wildman–Crippen MR) is 105 cm³/mol. The molecule has 0 aliphatic heterocycles. The van der Waals surface area contributed by atoms with Crippen LogP contribution in [-0.4, -0.2) is 30.1 Å². The maximum atomic E-state index is 12.9.